The number of aliphatic hydroxyl groups is 1. The number of aryl methyl sites for hydroxylation is 1. The van der Waals surface area contributed by atoms with Gasteiger partial charge in [-0.1, -0.05) is 18.2 Å². The van der Waals surface area contributed by atoms with Crippen LogP contribution in [0, 0.1) is 6.92 Å². The minimum absolute atomic E-state index is 0.0214. The predicted molar refractivity (Wildman–Crippen MR) is 46.6 cm³/mol. The van der Waals surface area contributed by atoms with Crippen molar-refractivity contribution < 1.29 is 9.50 Å². The second-order valence-corrected chi connectivity index (χ2v) is 2.96. The molecule has 0 saturated heterocycles. The predicted octanol–water partition coefficient (Wildman–Crippen LogP) is 2.52. The molecule has 1 unspecified atom stereocenters. The second-order valence-electron chi connectivity index (χ2n) is 2.96. The smallest absolute Gasteiger partial charge is 0.122 e. The van der Waals surface area contributed by atoms with Gasteiger partial charge in [-0.05, 0) is 30.5 Å². The van der Waals surface area contributed by atoms with Gasteiger partial charge >= 0.3 is 0 Å². The van der Waals surface area contributed by atoms with Crippen LogP contribution in [-0.4, -0.2) is 5.11 Å². The molecular formula is C10H13FO. The van der Waals surface area contributed by atoms with Crippen LogP contribution in [0.1, 0.15) is 29.8 Å². The van der Waals surface area contributed by atoms with Gasteiger partial charge < -0.3 is 5.11 Å². The highest BCUT2D eigenvalue weighted by Crippen LogP contribution is 2.19. The Morgan fingerprint density at radius 1 is 1.50 bits per heavy atom. The molecule has 1 atom stereocenters. The molecule has 0 bridgehead atoms. The van der Waals surface area contributed by atoms with Crippen molar-refractivity contribution in [1.29, 1.82) is 0 Å². The molecule has 0 spiro atoms. The van der Waals surface area contributed by atoms with Crippen LogP contribution in [0.3, 0.4) is 0 Å². The van der Waals surface area contributed by atoms with E-state index in [0.717, 1.165) is 11.1 Å². The van der Waals surface area contributed by atoms with Crippen LogP contribution >= 0.6 is 0 Å². The fourth-order valence-electron chi connectivity index (χ4n) is 1.11. The van der Waals surface area contributed by atoms with Gasteiger partial charge in [0.1, 0.15) is 6.17 Å². The minimum Gasteiger partial charge on any atom is -0.392 e. The average molecular weight is 168 g/mol. The van der Waals surface area contributed by atoms with E-state index in [1.165, 1.54) is 6.92 Å². The van der Waals surface area contributed by atoms with E-state index in [1.54, 1.807) is 12.1 Å². The molecule has 66 valence electrons. The molecule has 1 nitrogen and oxygen atoms in total. The highest BCUT2D eigenvalue weighted by Gasteiger charge is 2.04. The third kappa shape index (κ3) is 1.83. The minimum atomic E-state index is -0.962. The summed E-state index contributed by atoms with van der Waals surface area (Å²) in [5, 5.41) is 8.90. The molecule has 0 radical (unpaired) electrons. The molecule has 1 aromatic rings. The number of aliphatic hydroxyl groups excluding tert-OH is 1. The number of hydrogen-bond acceptors (Lipinski definition) is 1. The third-order valence-electron chi connectivity index (χ3n) is 2.00. The molecule has 0 aromatic heterocycles. The zero-order valence-corrected chi connectivity index (χ0v) is 7.34. The molecule has 0 fully saturated rings. The molecule has 1 rings (SSSR count). The zero-order chi connectivity index (χ0) is 9.14. The number of rotatable bonds is 2. The Bertz CT molecular complexity index is 269. The Morgan fingerprint density at radius 3 is 2.67 bits per heavy atom. The summed E-state index contributed by atoms with van der Waals surface area (Å²) in [6, 6.07) is 5.29. The molecule has 0 aliphatic rings. The summed E-state index contributed by atoms with van der Waals surface area (Å²) < 4.78 is 12.8. The standard InChI is InChI=1S/C10H13FO/c1-7-3-4-9(8(2)11)5-10(7)6-12/h3-5,8,12H,6H2,1-2H3. The second kappa shape index (κ2) is 3.68. The molecule has 0 amide bonds. The van der Waals surface area contributed by atoms with E-state index in [0.29, 0.717) is 5.56 Å². The van der Waals surface area contributed by atoms with E-state index < -0.39 is 6.17 Å². The van der Waals surface area contributed by atoms with Crippen molar-refractivity contribution in [3.8, 4) is 0 Å². The van der Waals surface area contributed by atoms with E-state index in [4.69, 9.17) is 5.11 Å². The van der Waals surface area contributed by atoms with Gasteiger partial charge in [0.05, 0.1) is 6.61 Å². The van der Waals surface area contributed by atoms with Crippen molar-refractivity contribution in [3.05, 3.63) is 34.9 Å². The van der Waals surface area contributed by atoms with E-state index in [1.807, 2.05) is 13.0 Å². The van der Waals surface area contributed by atoms with Crippen LogP contribution in [0.15, 0.2) is 18.2 Å². The van der Waals surface area contributed by atoms with Crippen LogP contribution in [0.4, 0.5) is 4.39 Å². The van der Waals surface area contributed by atoms with Crippen molar-refractivity contribution >= 4 is 0 Å². The molecule has 0 aliphatic carbocycles. The van der Waals surface area contributed by atoms with Crippen LogP contribution in [0.25, 0.3) is 0 Å². The quantitative estimate of drug-likeness (QED) is 0.719. The van der Waals surface area contributed by atoms with E-state index in [2.05, 4.69) is 0 Å². The lowest BCUT2D eigenvalue weighted by atomic mass is 10.0. The lowest BCUT2D eigenvalue weighted by Crippen LogP contribution is -1.92. The van der Waals surface area contributed by atoms with Crippen LogP contribution in [0.2, 0.25) is 0 Å². The Balaban J connectivity index is 3.05. The topological polar surface area (TPSA) is 20.2 Å². The third-order valence-corrected chi connectivity index (χ3v) is 2.00. The SMILES string of the molecule is Cc1ccc(C(C)F)cc1CO. The first kappa shape index (κ1) is 9.20. The summed E-state index contributed by atoms with van der Waals surface area (Å²) in [5.41, 5.74) is 2.43. The molecular weight excluding hydrogens is 155 g/mol. The maximum Gasteiger partial charge on any atom is 0.122 e. The summed E-state index contributed by atoms with van der Waals surface area (Å²) in [7, 11) is 0. The van der Waals surface area contributed by atoms with Gasteiger partial charge in [-0.2, -0.15) is 0 Å². The number of alkyl halides is 1. The first-order valence-corrected chi connectivity index (χ1v) is 3.99. The highest BCUT2D eigenvalue weighted by molar-refractivity contribution is 5.31. The monoisotopic (exact) mass is 168 g/mol. The van der Waals surface area contributed by atoms with Gasteiger partial charge in [0.2, 0.25) is 0 Å². The normalized spacial score (nSPS) is 13.0. The fraction of sp³-hybridized carbons (Fsp3) is 0.400. The van der Waals surface area contributed by atoms with Gasteiger partial charge in [0, 0.05) is 0 Å². The molecule has 1 aromatic carbocycles. The largest absolute Gasteiger partial charge is 0.392 e. The molecule has 0 heterocycles. The van der Waals surface area contributed by atoms with Gasteiger partial charge in [0.25, 0.3) is 0 Å². The first-order chi connectivity index (χ1) is 5.65. The molecule has 0 saturated carbocycles. The Morgan fingerprint density at radius 2 is 2.17 bits per heavy atom. The van der Waals surface area contributed by atoms with Gasteiger partial charge in [0.15, 0.2) is 0 Å². The Labute approximate surface area is 71.9 Å². The summed E-state index contributed by atoms with van der Waals surface area (Å²) in [5.74, 6) is 0. The van der Waals surface area contributed by atoms with E-state index in [-0.39, 0.29) is 6.61 Å². The van der Waals surface area contributed by atoms with E-state index >= 15 is 0 Å². The fourth-order valence-corrected chi connectivity index (χ4v) is 1.11. The van der Waals surface area contributed by atoms with Crippen molar-refractivity contribution in [2.45, 2.75) is 26.6 Å². The summed E-state index contributed by atoms with van der Waals surface area (Å²) in [6.45, 7) is 3.37. The van der Waals surface area contributed by atoms with Crippen molar-refractivity contribution in [3.63, 3.8) is 0 Å². The first-order valence-electron chi connectivity index (χ1n) is 3.99. The van der Waals surface area contributed by atoms with Gasteiger partial charge in [-0.3, -0.25) is 0 Å². The Kier molecular flexibility index (Phi) is 2.82. The zero-order valence-electron chi connectivity index (χ0n) is 7.34. The molecule has 0 aliphatic heterocycles. The molecule has 2 heteroatoms. The summed E-state index contributed by atoms with van der Waals surface area (Å²) >= 11 is 0. The van der Waals surface area contributed by atoms with Crippen molar-refractivity contribution in [2.75, 3.05) is 0 Å². The summed E-state index contributed by atoms with van der Waals surface area (Å²) in [4.78, 5) is 0. The number of halogens is 1. The molecule has 1 N–H and O–H groups in total. The average Bonchev–Trinajstić information content (AvgIpc) is 2.05. The van der Waals surface area contributed by atoms with Crippen LogP contribution in [-0.2, 0) is 6.61 Å². The highest BCUT2D eigenvalue weighted by atomic mass is 19.1. The van der Waals surface area contributed by atoms with Crippen molar-refractivity contribution in [1.82, 2.24) is 0 Å². The van der Waals surface area contributed by atoms with Crippen LogP contribution < -0.4 is 0 Å². The maximum absolute atomic E-state index is 12.8. The number of benzene rings is 1. The summed E-state index contributed by atoms with van der Waals surface area (Å²) in [6.07, 6.45) is -0.962. The number of hydrogen-bond donors (Lipinski definition) is 1. The maximum atomic E-state index is 12.8. The lowest BCUT2D eigenvalue weighted by Gasteiger charge is -2.06. The van der Waals surface area contributed by atoms with Crippen molar-refractivity contribution in [2.24, 2.45) is 0 Å². The van der Waals surface area contributed by atoms with Crippen LogP contribution in [0.5, 0.6) is 0 Å². The lowest BCUT2D eigenvalue weighted by molar-refractivity contribution is 0.280. The Hall–Kier alpha value is -0.890. The molecule has 12 heavy (non-hydrogen) atoms. The van der Waals surface area contributed by atoms with Gasteiger partial charge in [-0.25, -0.2) is 4.39 Å². The van der Waals surface area contributed by atoms with Gasteiger partial charge in [-0.15, -0.1) is 0 Å². The van der Waals surface area contributed by atoms with E-state index in [9.17, 15) is 4.39 Å².